The van der Waals surface area contributed by atoms with E-state index in [0.717, 1.165) is 12.1 Å². The molecular weight excluding hydrogens is 480 g/mol. The number of nitrogens with two attached hydrogens (primary N) is 1. The molecule has 1 aliphatic heterocycles. The standard InChI is InChI=1S/C23H24F3N6O2P/c1-13(15-9-16(23(24,25)26)11-17(27)10-15)29-20-18-12-19(35(33)7-5-34-6-8-35)22-28-3-4-32(22)21(18)31-14(2)30-20/h3-4,9-13H,5-8,27H2,1-2H3,(H,29,30,31)/t13-/m1/s1. The molecule has 35 heavy (non-hydrogen) atoms. The number of hydrogen-bond donors (Lipinski definition) is 2. The Labute approximate surface area is 199 Å². The molecule has 1 aromatic carbocycles. The van der Waals surface area contributed by atoms with Crippen molar-refractivity contribution in [2.24, 2.45) is 0 Å². The number of benzene rings is 1. The average Bonchev–Trinajstić information content (AvgIpc) is 3.28. The molecule has 0 unspecified atom stereocenters. The Balaban J connectivity index is 1.64. The molecular formula is C23H24F3N6O2P. The van der Waals surface area contributed by atoms with E-state index in [0.29, 0.717) is 64.7 Å². The van der Waals surface area contributed by atoms with Gasteiger partial charge < -0.3 is 20.4 Å². The molecule has 1 atom stereocenters. The summed E-state index contributed by atoms with van der Waals surface area (Å²) in [7, 11) is -2.77. The minimum absolute atomic E-state index is 0.0206. The van der Waals surface area contributed by atoms with Gasteiger partial charge in [-0.2, -0.15) is 13.2 Å². The number of nitrogens with zero attached hydrogens (tertiary/aromatic N) is 4. The lowest BCUT2D eigenvalue weighted by atomic mass is 10.0. The number of alkyl halides is 3. The van der Waals surface area contributed by atoms with Gasteiger partial charge in [0.05, 0.1) is 35.5 Å². The Bertz CT molecular complexity index is 1480. The summed E-state index contributed by atoms with van der Waals surface area (Å²) in [5.41, 5.74) is 6.47. The van der Waals surface area contributed by atoms with E-state index in [2.05, 4.69) is 20.3 Å². The lowest BCUT2D eigenvalue weighted by Crippen LogP contribution is -2.24. The number of halogens is 3. The van der Waals surface area contributed by atoms with Crippen molar-refractivity contribution in [3.63, 3.8) is 0 Å². The van der Waals surface area contributed by atoms with E-state index >= 15 is 0 Å². The fraction of sp³-hybridized carbons (Fsp3) is 0.348. The summed E-state index contributed by atoms with van der Waals surface area (Å²) in [4.78, 5) is 13.6. The Kier molecular flexibility index (Phi) is 5.72. The van der Waals surface area contributed by atoms with Crippen LogP contribution in [0.1, 0.15) is 29.9 Å². The maximum Gasteiger partial charge on any atom is 0.416 e. The van der Waals surface area contributed by atoms with Crippen molar-refractivity contribution >= 4 is 40.6 Å². The predicted octanol–water partition coefficient (Wildman–Crippen LogP) is 4.38. The van der Waals surface area contributed by atoms with Crippen LogP contribution in [0.5, 0.6) is 0 Å². The molecule has 3 N–H and O–H groups in total. The van der Waals surface area contributed by atoms with Crippen LogP contribution in [-0.2, 0) is 15.5 Å². The Morgan fingerprint density at radius 1 is 1.14 bits per heavy atom. The van der Waals surface area contributed by atoms with Crippen LogP contribution in [0, 0.1) is 6.92 Å². The number of pyridine rings is 1. The summed E-state index contributed by atoms with van der Waals surface area (Å²) < 4.78 is 61.1. The zero-order valence-electron chi connectivity index (χ0n) is 19.1. The van der Waals surface area contributed by atoms with Gasteiger partial charge in [0.1, 0.15) is 24.4 Å². The van der Waals surface area contributed by atoms with Crippen LogP contribution in [0.25, 0.3) is 16.7 Å². The minimum Gasteiger partial charge on any atom is -0.399 e. The molecule has 0 saturated carbocycles. The molecule has 12 heteroatoms. The fourth-order valence-electron chi connectivity index (χ4n) is 4.42. The van der Waals surface area contributed by atoms with Crippen molar-refractivity contribution in [1.82, 2.24) is 19.4 Å². The van der Waals surface area contributed by atoms with Gasteiger partial charge in [0.25, 0.3) is 0 Å². The summed E-state index contributed by atoms with van der Waals surface area (Å²) in [5, 5.41) is 4.46. The highest BCUT2D eigenvalue weighted by molar-refractivity contribution is 7.72. The van der Waals surface area contributed by atoms with Gasteiger partial charge in [-0.25, -0.2) is 15.0 Å². The van der Waals surface area contributed by atoms with E-state index in [9.17, 15) is 17.7 Å². The van der Waals surface area contributed by atoms with Gasteiger partial charge in [0, 0.05) is 30.4 Å². The second-order valence-electron chi connectivity index (χ2n) is 8.71. The molecule has 1 saturated heterocycles. The van der Waals surface area contributed by atoms with Crippen molar-refractivity contribution in [2.45, 2.75) is 26.1 Å². The van der Waals surface area contributed by atoms with Crippen LogP contribution < -0.4 is 16.4 Å². The molecule has 1 aliphatic rings. The first-order valence-corrected chi connectivity index (χ1v) is 13.2. The van der Waals surface area contributed by atoms with Crippen LogP contribution in [-0.4, -0.2) is 44.9 Å². The summed E-state index contributed by atoms with van der Waals surface area (Å²) in [5.74, 6) is 0.892. The van der Waals surface area contributed by atoms with Crippen LogP contribution >= 0.6 is 7.14 Å². The zero-order chi connectivity index (χ0) is 25.0. The molecule has 0 bridgehead atoms. The smallest absolute Gasteiger partial charge is 0.399 e. The van der Waals surface area contributed by atoms with Gasteiger partial charge in [-0.1, -0.05) is 0 Å². The monoisotopic (exact) mass is 504 g/mol. The predicted molar refractivity (Wildman–Crippen MR) is 129 cm³/mol. The highest BCUT2D eigenvalue weighted by atomic mass is 31.2. The maximum atomic E-state index is 13.9. The summed E-state index contributed by atoms with van der Waals surface area (Å²) in [6.07, 6.45) is -0.308. The first-order valence-electron chi connectivity index (χ1n) is 11.1. The van der Waals surface area contributed by atoms with Gasteiger partial charge >= 0.3 is 6.18 Å². The number of fused-ring (bicyclic) bond motifs is 3. The van der Waals surface area contributed by atoms with Crippen molar-refractivity contribution in [1.29, 1.82) is 0 Å². The van der Waals surface area contributed by atoms with Crippen molar-refractivity contribution in [3.05, 3.63) is 53.6 Å². The largest absolute Gasteiger partial charge is 0.416 e. The number of rotatable bonds is 4. The second kappa shape index (κ2) is 8.49. The number of nitrogens with one attached hydrogen (secondary N) is 1. The van der Waals surface area contributed by atoms with Crippen molar-refractivity contribution in [2.75, 3.05) is 36.6 Å². The van der Waals surface area contributed by atoms with E-state index in [1.807, 2.05) is 0 Å². The van der Waals surface area contributed by atoms with Crippen LogP contribution in [0.2, 0.25) is 0 Å². The van der Waals surface area contributed by atoms with Gasteiger partial charge in [-0.3, -0.25) is 4.40 Å². The summed E-state index contributed by atoms with van der Waals surface area (Å²) in [6, 6.07) is 4.73. The first kappa shape index (κ1) is 23.6. The number of aromatic nitrogens is 4. The minimum atomic E-state index is -4.51. The van der Waals surface area contributed by atoms with E-state index < -0.39 is 24.9 Å². The molecule has 4 aromatic rings. The number of hydrogen-bond acceptors (Lipinski definition) is 7. The number of ether oxygens (including phenoxy) is 1. The molecule has 0 spiro atoms. The molecule has 5 rings (SSSR count). The Morgan fingerprint density at radius 3 is 2.60 bits per heavy atom. The summed E-state index contributed by atoms with van der Waals surface area (Å²) >= 11 is 0. The van der Waals surface area contributed by atoms with E-state index in [1.54, 1.807) is 36.7 Å². The quantitative estimate of drug-likeness (QED) is 0.314. The second-order valence-corrected chi connectivity index (χ2v) is 11.9. The van der Waals surface area contributed by atoms with Crippen LogP contribution in [0.4, 0.5) is 24.7 Å². The molecule has 184 valence electrons. The lowest BCUT2D eigenvalue weighted by molar-refractivity contribution is -0.137. The van der Waals surface area contributed by atoms with Crippen LogP contribution in [0.15, 0.2) is 36.7 Å². The fourth-order valence-corrected chi connectivity index (χ4v) is 6.86. The summed E-state index contributed by atoms with van der Waals surface area (Å²) in [6.45, 7) is 4.28. The highest BCUT2D eigenvalue weighted by Gasteiger charge is 2.33. The number of aryl methyl sites for hydroxylation is 1. The molecule has 0 radical (unpaired) electrons. The average molecular weight is 504 g/mol. The topological polar surface area (TPSA) is 107 Å². The normalized spacial score (nSPS) is 17.1. The first-order chi connectivity index (χ1) is 16.5. The van der Waals surface area contributed by atoms with Gasteiger partial charge in [-0.05, 0) is 43.7 Å². The maximum absolute atomic E-state index is 13.9. The Hall–Kier alpha value is -3.17. The van der Waals surface area contributed by atoms with Gasteiger partial charge in [0.2, 0.25) is 0 Å². The number of anilines is 2. The van der Waals surface area contributed by atoms with Crippen molar-refractivity contribution in [3.8, 4) is 0 Å². The van der Waals surface area contributed by atoms with Crippen molar-refractivity contribution < 1.29 is 22.5 Å². The molecule has 1 fully saturated rings. The lowest BCUT2D eigenvalue weighted by Gasteiger charge is -2.25. The zero-order valence-corrected chi connectivity index (χ0v) is 20.0. The molecule has 8 nitrogen and oxygen atoms in total. The third-order valence-corrected chi connectivity index (χ3v) is 9.22. The van der Waals surface area contributed by atoms with E-state index in [1.165, 1.54) is 6.07 Å². The number of nitrogen functional groups attached to an aromatic ring is 1. The van der Waals surface area contributed by atoms with E-state index in [-0.39, 0.29) is 5.69 Å². The Morgan fingerprint density at radius 2 is 1.89 bits per heavy atom. The van der Waals surface area contributed by atoms with Gasteiger partial charge in [-0.15, -0.1) is 0 Å². The third kappa shape index (κ3) is 4.34. The highest BCUT2D eigenvalue weighted by Crippen LogP contribution is 2.47. The number of imidazole rings is 1. The molecule has 0 aliphatic carbocycles. The third-order valence-electron chi connectivity index (χ3n) is 6.21. The van der Waals surface area contributed by atoms with E-state index in [4.69, 9.17) is 10.5 Å². The van der Waals surface area contributed by atoms with Crippen LogP contribution in [0.3, 0.4) is 0 Å². The molecule has 3 aromatic heterocycles. The van der Waals surface area contributed by atoms with Gasteiger partial charge in [0.15, 0.2) is 5.65 Å². The SMILES string of the molecule is Cc1nc(N[C@H](C)c2cc(N)cc(C(F)(F)F)c2)c2cc(P3(=O)CCOCC3)c3nccn3c2n1. The molecule has 0 amide bonds. The molecule has 4 heterocycles.